The monoisotopic (exact) mass is 407 g/mol. The Kier molecular flexibility index (Phi) is 4.28. The standard InChI is InChI=1S/C22H25N5O3/c1-14-16(10-24-26(14)3)12-25(2)20(28)18-17-6-7-22(30-17)13-27(21(29)19(18)22)11-15-5-4-8-23-9-15/h4-10,17-19H,11-13H2,1-3H3/t17-,18-,19+,22-/m0/s1. The van der Waals surface area contributed by atoms with Gasteiger partial charge in [0.1, 0.15) is 5.60 Å². The quantitative estimate of drug-likeness (QED) is 0.693. The second kappa shape index (κ2) is 6.77. The number of amides is 2. The first-order chi connectivity index (χ1) is 14.4. The third kappa shape index (κ3) is 2.78. The summed E-state index contributed by atoms with van der Waals surface area (Å²) in [6.45, 7) is 3.38. The fraction of sp³-hybridized carbons (Fsp3) is 0.455. The molecular formula is C22H25N5O3. The number of likely N-dealkylation sites (tertiary alicyclic amines) is 1. The minimum Gasteiger partial charge on any atom is -0.360 e. The Morgan fingerprint density at radius 3 is 2.93 bits per heavy atom. The van der Waals surface area contributed by atoms with Crippen molar-refractivity contribution in [2.75, 3.05) is 13.6 Å². The van der Waals surface area contributed by atoms with Crippen molar-refractivity contribution in [2.45, 2.75) is 31.7 Å². The summed E-state index contributed by atoms with van der Waals surface area (Å²) < 4.78 is 8.03. The van der Waals surface area contributed by atoms with Crippen LogP contribution in [0.2, 0.25) is 0 Å². The van der Waals surface area contributed by atoms with Gasteiger partial charge in [-0.05, 0) is 18.6 Å². The zero-order valence-corrected chi connectivity index (χ0v) is 17.4. The number of nitrogens with zero attached hydrogens (tertiary/aromatic N) is 5. The van der Waals surface area contributed by atoms with E-state index in [4.69, 9.17) is 4.74 Å². The number of carbonyl (C=O) groups is 2. The summed E-state index contributed by atoms with van der Waals surface area (Å²) >= 11 is 0. The molecule has 0 unspecified atom stereocenters. The number of hydrogen-bond acceptors (Lipinski definition) is 5. The Morgan fingerprint density at radius 1 is 1.40 bits per heavy atom. The van der Waals surface area contributed by atoms with Crippen molar-refractivity contribution < 1.29 is 14.3 Å². The highest BCUT2D eigenvalue weighted by Crippen LogP contribution is 2.52. The van der Waals surface area contributed by atoms with Crippen molar-refractivity contribution in [3.8, 4) is 0 Å². The van der Waals surface area contributed by atoms with Gasteiger partial charge in [0.05, 0.1) is 30.7 Å². The highest BCUT2D eigenvalue weighted by atomic mass is 16.5. The lowest BCUT2D eigenvalue weighted by molar-refractivity contribution is -0.142. The summed E-state index contributed by atoms with van der Waals surface area (Å²) in [5.74, 6) is -1.05. The van der Waals surface area contributed by atoms with E-state index in [1.54, 1.807) is 40.1 Å². The minimum atomic E-state index is -0.699. The average molecular weight is 407 g/mol. The van der Waals surface area contributed by atoms with Gasteiger partial charge in [-0.25, -0.2) is 0 Å². The van der Waals surface area contributed by atoms with Gasteiger partial charge in [0.15, 0.2) is 0 Å². The topological polar surface area (TPSA) is 80.6 Å². The minimum absolute atomic E-state index is 0.0185. The van der Waals surface area contributed by atoms with Gasteiger partial charge in [0, 0.05) is 50.8 Å². The molecule has 8 nitrogen and oxygen atoms in total. The summed E-state index contributed by atoms with van der Waals surface area (Å²) in [4.78, 5) is 34.4. The first-order valence-corrected chi connectivity index (χ1v) is 10.2. The largest absolute Gasteiger partial charge is 0.360 e. The lowest BCUT2D eigenvalue weighted by Crippen LogP contribution is -2.44. The van der Waals surface area contributed by atoms with E-state index in [0.29, 0.717) is 19.6 Å². The van der Waals surface area contributed by atoms with Gasteiger partial charge < -0.3 is 14.5 Å². The zero-order chi connectivity index (χ0) is 21.0. The van der Waals surface area contributed by atoms with E-state index < -0.39 is 17.4 Å². The SMILES string of the molecule is Cc1c(CN(C)C(=O)[C@H]2[C@@H]3C=C[C@@]4(CN(Cc5cccnc5)C(=O)[C@@H]24)O3)cnn1C. The van der Waals surface area contributed by atoms with E-state index in [-0.39, 0.29) is 17.9 Å². The highest BCUT2D eigenvalue weighted by Gasteiger charge is 2.67. The van der Waals surface area contributed by atoms with Crippen LogP contribution in [-0.4, -0.2) is 61.7 Å². The number of pyridine rings is 1. The highest BCUT2D eigenvalue weighted by molar-refractivity contribution is 5.93. The lowest BCUT2D eigenvalue weighted by Gasteiger charge is -2.27. The fourth-order valence-corrected chi connectivity index (χ4v) is 4.99. The molecule has 8 heteroatoms. The van der Waals surface area contributed by atoms with Crippen LogP contribution in [0.5, 0.6) is 0 Å². The maximum Gasteiger partial charge on any atom is 0.230 e. The first kappa shape index (κ1) is 19.0. The molecular weight excluding hydrogens is 382 g/mol. The van der Waals surface area contributed by atoms with Gasteiger partial charge in [0.25, 0.3) is 0 Å². The summed E-state index contributed by atoms with van der Waals surface area (Å²) in [5.41, 5.74) is 2.29. The van der Waals surface area contributed by atoms with Gasteiger partial charge in [-0.15, -0.1) is 0 Å². The van der Waals surface area contributed by atoms with Gasteiger partial charge in [-0.1, -0.05) is 18.2 Å². The Bertz CT molecular complexity index is 1030. The van der Waals surface area contributed by atoms with Crippen molar-refractivity contribution in [3.63, 3.8) is 0 Å². The van der Waals surface area contributed by atoms with E-state index in [1.165, 1.54) is 0 Å². The number of hydrogen-bond donors (Lipinski definition) is 0. The van der Waals surface area contributed by atoms with Gasteiger partial charge in [-0.3, -0.25) is 19.3 Å². The second-order valence-corrected chi connectivity index (χ2v) is 8.53. The third-order valence-electron chi connectivity index (χ3n) is 6.68. The molecule has 2 bridgehead atoms. The molecule has 1 spiro atoms. The number of ether oxygens (including phenoxy) is 1. The molecule has 0 saturated carbocycles. The van der Waals surface area contributed by atoms with Gasteiger partial charge in [0.2, 0.25) is 11.8 Å². The summed E-state index contributed by atoms with van der Waals surface area (Å²) in [6.07, 6.45) is 8.85. The predicted molar refractivity (Wildman–Crippen MR) is 108 cm³/mol. The molecule has 0 aliphatic carbocycles. The van der Waals surface area contributed by atoms with Crippen LogP contribution in [0.3, 0.4) is 0 Å². The zero-order valence-electron chi connectivity index (χ0n) is 17.4. The normalized spacial score (nSPS) is 29.0. The average Bonchev–Trinajstić information content (AvgIpc) is 3.45. The molecule has 3 aliphatic rings. The molecule has 5 heterocycles. The molecule has 0 aromatic carbocycles. The van der Waals surface area contributed by atoms with E-state index in [2.05, 4.69) is 10.1 Å². The molecule has 2 saturated heterocycles. The maximum atomic E-state index is 13.4. The molecule has 3 aliphatic heterocycles. The Hall–Kier alpha value is -3.00. The Labute approximate surface area is 175 Å². The molecule has 2 aromatic rings. The summed E-state index contributed by atoms with van der Waals surface area (Å²) in [6, 6.07) is 3.81. The molecule has 30 heavy (non-hydrogen) atoms. The van der Waals surface area contributed by atoms with Crippen molar-refractivity contribution in [2.24, 2.45) is 18.9 Å². The van der Waals surface area contributed by atoms with E-state index in [1.807, 2.05) is 38.3 Å². The molecule has 5 rings (SSSR count). The van der Waals surface area contributed by atoms with Crippen LogP contribution >= 0.6 is 0 Å². The van der Waals surface area contributed by atoms with Crippen molar-refractivity contribution in [1.82, 2.24) is 24.6 Å². The van der Waals surface area contributed by atoms with E-state index >= 15 is 0 Å². The third-order valence-corrected chi connectivity index (χ3v) is 6.68. The van der Waals surface area contributed by atoms with Gasteiger partial charge in [-0.2, -0.15) is 5.10 Å². The van der Waals surface area contributed by atoms with Crippen LogP contribution < -0.4 is 0 Å². The molecule has 4 atom stereocenters. The van der Waals surface area contributed by atoms with Crippen LogP contribution in [0.25, 0.3) is 0 Å². The van der Waals surface area contributed by atoms with E-state index in [9.17, 15) is 9.59 Å². The molecule has 2 fully saturated rings. The molecule has 0 radical (unpaired) electrons. The number of aromatic nitrogens is 3. The van der Waals surface area contributed by atoms with Crippen LogP contribution in [0.4, 0.5) is 0 Å². The second-order valence-electron chi connectivity index (χ2n) is 8.53. The van der Waals surface area contributed by atoms with Crippen LogP contribution in [-0.2, 0) is 34.5 Å². The first-order valence-electron chi connectivity index (χ1n) is 10.2. The number of carbonyl (C=O) groups excluding carboxylic acids is 2. The fourth-order valence-electron chi connectivity index (χ4n) is 4.99. The smallest absolute Gasteiger partial charge is 0.230 e. The molecule has 0 N–H and O–H groups in total. The predicted octanol–water partition coefficient (Wildman–Crippen LogP) is 1.06. The molecule has 2 aromatic heterocycles. The van der Waals surface area contributed by atoms with Crippen molar-refractivity contribution >= 4 is 11.8 Å². The Morgan fingerprint density at radius 2 is 2.23 bits per heavy atom. The lowest BCUT2D eigenvalue weighted by atomic mass is 9.76. The van der Waals surface area contributed by atoms with Crippen molar-refractivity contribution in [1.29, 1.82) is 0 Å². The summed E-state index contributed by atoms with van der Waals surface area (Å²) in [7, 11) is 3.66. The van der Waals surface area contributed by atoms with Crippen LogP contribution in [0.1, 0.15) is 16.8 Å². The van der Waals surface area contributed by atoms with Crippen LogP contribution in [0.15, 0.2) is 42.9 Å². The maximum absolute atomic E-state index is 13.4. The molecule has 2 amide bonds. The van der Waals surface area contributed by atoms with E-state index in [0.717, 1.165) is 16.8 Å². The number of aryl methyl sites for hydroxylation is 1. The van der Waals surface area contributed by atoms with Crippen LogP contribution in [0, 0.1) is 18.8 Å². The number of rotatable bonds is 5. The van der Waals surface area contributed by atoms with Gasteiger partial charge >= 0.3 is 0 Å². The number of fused-ring (bicyclic) bond motifs is 1. The van der Waals surface area contributed by atoms with Crippen molar-refractivity contribution in [3.05, 3.63) is 59.7 Å². The molecule has 156 valence electrons. The summed E-state index contributed by atoms with van der Waals surface area (Å²) in [5, 5.41) is 4.26. The Balaban J connectivity index is 1.36.